The first-order valence-electron chi connectivity index (χ1n) is 15.4. The number of hydrogen-bond donors (Lipinski definition) is 3. The van der Waals surface area contributed by atoms with Crippen molar-refractivity contribution in [1.82, 2.24) is 19.5 Å². The Morgan fingerprint density at radius 1 is 0.812 bits per heavy atom. The molecule has 6 aromatic rings. The zero-order valence-electron chi connectivity index (χ0n) is 25.9. The number of hydrogen-bond acceptors (Lipinski definition) is 10. The minimum absolute atomic E-state index is 0.152. The Bertz CT molecular complexity index is 1970. The number of methoxy groups -OCH3 is 1. The molecule has 242 valence electrons. The van der Waals surface area contributed by atoms with Crippen molar-refractivity contribution in [2.75, 3.05) is 12.8 Å². The van der Waals surface area contributed by atoms with Crippen LogP contribution in [-0.2, 0) is 15.1 Å². The zero-order valence-corrected chi connectivity index (χ0v) is 25.9. The van der Waals surface area contributed by atoms with E-state index >= 15 is 0 Å². The molecule has 3 heterocycles. The Balaban J connectivity index is 1.40. The number of aliphatic hydroxyl groups excluding tert-OH is 2. The zero-order chi connectivity index (χ0) is 33.3. The number of Topliss-reactive ketones (excluding diaryl/α,β-unsaturated/α-hetero) is 1. The van der Waals surface area contributed by atoms with E-state index in [0.717, 1.165) is 11.1 Å². The van der Waals surface area contributed by atoms with Crippen molar-refractivity contribution < 1.29 is 29.2 Å². The number of fused-ring (bicyclic) bond motifs is 1. The second-order valence-corrected chi connectivity index (χ2v) is 11.5. The number of benzene rings is 4. The maximum absolute atomic E-state index is 14.6. The Morgan fingerprint density at radius 3 is 2.00 bits per heavy atom. The van der Waals surface area contributed by atoms with Crippen LogP contribution in [0, 0.1) is 0 Å². The molecule has 4 aromatic carbocycles. The van der Waals surface area contributed by atoms with Gasteiger partial charge in [-0.3, -0.25) is 9.36 Å². The lowest BCUT2D eigenvalue weighted by Crippen LogP contribution is -2.49. The van der Waals surface area contributed by atoms with Gasteiger partial charge in [0.1, 0.15) is 41.5 Å². The van der Waals surface area contributed by atoms with Gasteiger partial charge in [0.05, 0.1) is 13.4 Å². The van der Waals surface area contributed by atoms with E-state index in [9.17, 15) is 15.0 Å². The van der Waals surface area contributed by atoms with Gasteiger partial charge in [0.25, 0.3) is 0 Å². The lowest BCUT2D eigenvalue weighted by atomic mass is 9.79. The third kappa shape index (κ3) is 5.38. The summed E-state index contributed by atoms with van der Waals surface area (Å²) in [5, 5.41) is 23.1. The molecule has 0 amide bonds. The number of ether oxygens (including phenoxy) is 3. The fourth-order valence-corrected chi connectivity index (χ4v) is 6.32. The molecule has 1 saturated heterocycles. The number of aromatic nitrogens is 4. The smallest absolute Gasteiger partial charge is 0.194 e. The van der Waals surface area contributed by atoms with E-state index in [1.165, 1.54) is 17.2 Å². The van der Waals surface area contributed by atoms with Gasteiger partial charge in [-0.15, -0.1) is 0 Å². The van der Waals surface area contributed by atoms with Gasteiger partial charge >= 0.3 is 0 Å². The van der Waals surface area contributed by atoms with Gasteiger partial charge in [-0.1, -0.05) is 103 Å². The van der Waals surface area contributed by atoms with Crippen LogP contribution in [0.4, 0.5) is 5.82 Å². The highest BCUT2D eigenvalue weighted by Gasteiger charge is 2.53. The molecule has 11 heteroatoms. The van der Waals surface area contributed by atoms with E-state index in [1.54, 1.807) is 37.4 Å². The molecule has 1 aliphatic rings. The van der Waals surface area contributed by atoms with E-state index in [4.69, 9.17) is 19.9 Å². The first kappa shape index (κ1) is 31.2. The van der Waals surface area contributed by atoms with Gasteiger partial charge < -0.3 is 30.2 Å². The Labute approximate surface area is 276 Å². The van der Waals surface area contributed by atoms with Crippen LogP contribution in [0.2, 0.25) is 0 Å². The van der Waals surface area contributed by atoms with Crippen LogP contribution in [0.3, 0.4) is 0 Å². The number of nitrogens with zero attached hydrogens (tertiary/aromatic N) is 4. The summed E-state index contributed by atoms with van der Waals surface area (Å²) in [6, 6.07) is 35.2. The quantitative estimate of drug-likeness (QED) is 0.145. The third-order valence-corrected chi connectivity index (χ3v) is 8.71. The van der Waals surface area contributed by atoms with E-state index in [2.05, 4.69) is 15.0 Å². The summed E-state index contributed by atoms with van der Waals surface area (Å²) in [4.78, 5) is 27.2. The van der Waals surface area contributed by atoms with Gasteiger partial charge in [-0.2, -0.15) is 0 Å². The second-order valence-electron chi connectivity index (χ2n) is 11.5. The molecule has 0 bridgehead atoms. The molecule has 0 aliphatic carbocycles. The van der Waals surface area contributed by atoms with Crippen LogP contribution in [0.25, 0.3) is 11.2 Å². The molecule has 0 spiro atoms. The van der Waals surface area contributed by atoms with Crippen molar-refractivity contribution in [3.8, 4) is 5.75 Å². The number of nitrogen functional groups attached to an aromatic ring is 1. The number of carbonyl (C=O) groups excluding carboxylic acids is 1. The molecule has 1 unspecified atom stereocenters. The van der Waals surface area contributed by atoms with Crippen molar-refractivity contribution >= 4 is 22.8 Å². The van der Waals surface area contributed by atoms with Gasteiger partial charge in [0.15, 0.2) is 29.6 Å². The first-order chi connectivity index (χ1) is 23.4. The van der Waals surface area contributed by atoms with Crippen molar-refractivity contribution in [2.24, 2.45) is 0 Å². The molecule has 0 saturated carbocycles. The van der Waals surface area contributed by atoms with Crippen LogP contribution in [-0.4, -0.2) is 67.0 Å². The molecule has 1 aliphatic heterocycles. The maximum Gasteiger partial charge on any atom is 0.194 e. The number of carbonyl (C=O) groups is 1. The fourth-order valence-electron chi connectivity index (χ4n) is 6.32. The summed E-state index contributed by atoms with van der Waals surface area (Å²) < 4.78 is 20.6. The predicted molar refractivity (Wildman–Crippen MR) is 177 cm³/mol. The molecule has 0 radical (unpaired) electrons. The molecule has 2 aromatic heterocycles. The number of ketones is 1. The number of nitrogens with two attached hydrogens (primary N) is 1. The van der Waals surface area contributed by atoms with E-state index in [0.29, 0.717) is 28.0 Å². The summed E-state index contributed by atoms with van der Waals surface area (Å²) in [7, 11) is 1.59. The number of aliphatic hydroxyl groups is 2. The number of rotatable bonds is 10. The Kier molecular flexibility index (Phi) is 8.42. The highest BCUT2D eigenvalue weighted by molar-refractivity contribution is 6.00. The summed E-state index contributed by atoms with van der Waals surface area (Å²) in [6.07, 6.45) is -4.30. The highest BCUT2D eigenvalue weighted by Crippen LogP contribution is 2.45. The van der Waals surface area contributed by atoms with Gasteiger partial charge in [-0.05, 0) is 28.8 Å². The Hall–Kier alpha value is -5.46. The molecule has 5 atom stereocenters. The second kappa shape index (κ2) is 13.0. The summed E-state index contributed by atoms with van der Waals surface area (Å²) in [5.74, 6) is 0.348. The van der Waals surface area contributed by atoms with E-state index in [1.807, 2.05) is 84.9 Å². The van der Waals surface area contributed by atoms with Crippen molar-refractivity contribution in [3.63, 3.8) is 0 Å². The summed E-state index contributed by atoms with van der Waals surface area (Å²) in [5.41, 5.74) is 7.72. The number of imidazole rings is 1. The minimum Gasteiger partial charge on any atom is -0.497 e. The maximum atomic E-state index is 14.6. The molecule has 11 nitrogen and oxygen atoms in total. The summed E-state index contributed by atoms with van der Waals surface area (Å²) >= 11 is 0. The highest BCUT2D eigenvalue weighted by atomic mass is 16.6. The average molecular weight is 644 g/mol. The van der Waals surface area contributed by atoms with Crippen molar-refractivity contribution in [1.29, 1.82) is 0 Å². The standard InChI is InChI=1S/C37H33N5O6/c1-46-27-19-17-26(18-20-27)37(24-13-7-3-8-14-24,25-15-9-4-10-16-25)48-33(29(43)23-11-5-2-6-12-23)32-30(44)31(45)36(47-32)42-22-41-28-34(38)39-21-40-35(28)42/h2-22,30-33,36,44-45H,1H3,(H2,38,39,40)/t30-,31+,32-,33?,36+/m0/s1. The SMILES string of the molecule is COc1ccc(C(OC(C(=O)c2ccccc2)[C@H]2O[C@@H](n3cnc4c(N)ncnc43)[C@H](O)[C@@H]2O)(c2ccccc2)c2ccccc2)cc1. The van der Waals surface area contributed by atoms with Crippen molar-refractivity contribution in [2.45, 2.75) is 36.2 Å². The molecule has 4 N–H and O–H groups in total. The van der Waals surface area contributed by atoms with E-state index < -0.39 is 42.0 Å². The molecule has 48 heavy (non-hydrogen) atoms. The van der Waals surface area contributed by atoms with Crippen LogP contribution in [0.1, 0.15) is 33.3 Å². The summed E-state index contributed by atoms with van der Waals surface area (Å²) in [6.45, 7) is 0. The normalized spacial score (nSPS) is 20.1. The van der Waals surface area contributed by atoms with Crippen LogP contribution >= 0.6 is 0 Å². The van der Waals surface area contributed by atoms with Crippen LogP contribution < -0.4 is 10.5 Å². The molecule has 1 fully saturated rings. The third-order valence-electron chi connectivity index (χ3n) is 8.71. The van der Waals surface area contributed by atoms with Gasteiger partial charge in [-0.25, -0.2) is 15.0 Å². The lowest BCUT2D eigenvalue weighted by Gasteiger charge is -2.40. The van der Waals surface area contributed by atoms with Crippen molar-refractivity contribution in [3.05, 3.63) is 150 Å². The fraction of sp³-hybridized carbons (Fsp3) is 0.189. The molecular formula is C37H33N5O6. The van der Waals surface area contributed by atoms with Crippen LogP contribution in [0.15, 0.2) is 128 Å². The number of anilines is 1. The van der Waals surface area contributed by atoms with Crippen LogP contribution in [0.5, 0.6) is 5.75 Å². The van der Waals surface area contributed by atoms with E-state index in [-0.39, 0.29) is 5.82 Å². The minimum atomic E-state index is -1.55. The topological polar surface area (TPSA) is 155 Å². The molecular weight excluding hydrogens is 610 g/mol. The predicted octanol–water partition coefficient (Wildman–Crippen LogP) is 4.30. The molecule has 7 rings (SSSR count). The average Bonchev–Trinajstić information content (AvgIpc) is 3.70. The largest absolute Gasteiger partial charge is 0.497 e. The Morgan fingerprint density at radius 2 is 1.40 bits per heavy atom. The lowest BCUT2D eigenvalue weighted by molar-refractivity contribution is -0.126. The first-order valence-corrected chi connectivity index (χ1v) is 15.4. The monoisotopic (exact) mass is 643 g/mol. The van der Waals surface area contributed by atoms with Gasteiger partial charge in [0.2, 0.25) is 0 Å². The van der Waals surface area contributed by atoms with Gasteiger partial charge in [0, 0.05) is 5.56 Å².